The summed E-state index contributed by atoms with van der Waals surface area (Å²) in [5.74, 6) is 0. The fourth-order valence-electron chi connectivity index (χ4n) is 4.59. The second-order valence-corrected chi connectivity index (χ2v) is 8.46. The normalized spacial score (nSPS) is 12.2. The van der Waals surface area contributed by atoms with E-state index in [2.05, 4.69) is 98.1 Å². The Morgan fingerprint density at radius 3 is 2.19 bits per heavy atom. The van der Waals surface area contributed by atoms with Crippen molar-refractivity contribution in [1.82, 2.24) is 4.57 Å². The molecule has 0 fully saturated rings. The number of hydrogen-bond donors (Lipinski definition) is 0. The van der Waals surface area contributed by atoms with Crippen LogP contribution in [-0.2, 0) is 0 Å². The van der Waals surface area contributed by atoms with Gasteiger partial charge in [-0.05, 0) is 76.7 Å². The van der Waals surface area contributed by atoms with Crippen molar-refractivity contribution in [2.45, 2.75) is 6.92 Å². The lowest BCUT2D eigenvalue weighted by atomic mass is 9.93. The molecule has 0 aliphatic carbocycles. The molecule has 0 amide bonds. The van der Waals surface area contributed by atoms with Gasteiger partial charge in [0, 0.05) is 16.5 Å². The molecular formula is C35H31N. The lowest BCUT2D eigenvalue weighted by molar-refractivity contribution is 1.24. The summed E-state index contributed by atoms with van der Waals surface area (Å²) in [4.78, 5) is 0. The van der Waals surface area contributed by atoms with E-state index in [0.717, 1.165) is 55.5 Å². The van der Waals surface area contributed by atoms with E-state index >= 15 is 0 Å². The highest BCUT2D eigenvalue weighted by atomic mass is 15.0. The lowest BCUT2D eigenvalue weighted by Crippen LogP contribution is -1.95. The third-order valence-electron chi connectivity index (χ3n) is 6.34. The van der Waals surface area contributed by atoms with E-state index in [9.17, 15) is 0 Å². The van der Waals surface area contributed by atoms with Crippen LogP contribution in [0.15, 0.2) is 142 Å². The van der Waals surface area contributed by atoms with Crippen LogP contribution in [0.25, 0.3) is 49.8 Å². The van der Waals surface area contributed by atoms with Crippen molar-refractivity contribution in [2.75, 3.05) is 0 Å². The molecule has 0 atom stereocenters. The van der Waals surface area contributed by atoms with Gasteiger partial charge in [-0.3, -0.25) is 0 Å². The van der Waals surface area contributed by atoms with Gasteiger partial charge >= 0.3 is 0 Å². The standard InChI is InChI=1S/C35H31N/c1-7-12-19-30(11-5)36-33-21-20-28(25(6)9-3)22-32(33)35-31(27-17-14-13-15-18-27)23-29(24-34(35)36)26(10-4)16-8-2/h7-24H,2-6H2,1H3/b12-7-,26-16+,30-19+. The predicted octanol–water partition coefficient (Wildman–Crippen LogP) is 10.0. The number of allylic oxidation sites excluding steroid dienone is 11. The van der Waals surface area contributed by atoms with Gasteiger partial charge in [0.2, 0.25) is 0 Å². The Labute approximate surface area is 214 Å². The largest absolute Gasteiger partial charge is 0.309 e. The van der Waals surface area contributed by atoms with Gasteiger partial charge in [0.15, 0.2) is 0 Å². The maximum atomic E-state index is 4.19. The first-order chi connectivity index (χ1) is 17.6. The summed E-state index contributed by atoms with van der Waals surface area (Å²) < 4.78 is 2.28. The smallest absolute Gasteiger partial charge is 0.0553 e. The van der Waals surface area contributed by atoms with Crippen molar-refractivity contribution in [1.29, 1.82) is 0 Å². The molecule has 0 bridgehead atoms. The van der Waals surface area contributed by atoms with Gasteiger partial charge in [-0.1, -0.05) is 106 Å². The molecule has 176 valence electrons. The average Bonchev–Trinajstić information content (AvgIpc) is 3.25. The molecule has 4 aromatic rings. The summed E-state index contributed by atoms with van der Waals surface area (Å²) in [6, 6.07) is 21.5. The first kappa shape index (κ1) is 24.5. The van der Waals surface area contributed by atoms with E-state index in [1.807, 2.05) is 43.4 Å². The highest BCUT2D eigenvalue weighted by molar-refractivity contribution is 6.18. The molecule has 1 heterocycles. The van der Waals surface area contributed by atoms with Crippen LogP contribution in [0.4, 0.5) is 0 Å². The quantitative estimate of drug-likeness (QED) is 0.217. The molecule has 0 saturated carbocycles. The number of aromatic nitrogens is 1. The summed E-state index contributed by atoms with van der Waals surface area (Å²) in [5.41, 5.74) is 9.52. The van der Waals surface area contributed by atoms with Crippen LogP contribution in [0.2, 0.25) is 0 Å². The summed E-state index contributed by atoms with van der Waals surface area (Å²) in [7, 11) is 0. The average molecular weight is 466 g/mol. The molecule has 4 rings (SSSR count). The lowest BCUT2D eigenvalue weighted by Gasteiger charge is -2.13. The number of benzene rings is 3. The molecule has 3 aromatic carbocycles. The van der Waals surface area contributed by atoms with Gasteiger partial charge in [-0.25, -0.2) is 0 Å². The molecular weight excluding hydrogens is 434 g/mol. The predicted molar refractivity (Wildman–Crippen MR) is 162 cm³/mol. The fourth-order valence-corrected chi connectivity index (χ4v) is 4.59. The van der Waals surface area contributed by atoms with Crippen LogP contribution >= 0.6 is 0 Å². The molecule has 0 aliphatic heterocycles. The number of hydrogen-bond acceptors (Lipinski definition) is 0. The summed E-state index contributed by atoms with van der Waals surface area (Å²) in [6.07, 6.45) is 15.5. The Bertz CT molecular complexity index is 1600. The molecule has 1 aromatic heterocycles. The zero-order valence-corrected chi connectivity index (χ0v) is 20.9. The van der Waals surface area contributed by atoms with Crippen molar-refractivity contribution in [3.63, 3.8) is 0 Å². The molecule has 0 radical (unpaired) electrons. The second-order valence-electron chi connectivity index (χ2n) is 8.46. The van der Waals surface area contributed by atoms with Crippen LogP contribution in [-0.4, -0.2) is 4.57 Å². The van der Waals surface area contributed by atoms with Gasteiger partial charge in [-0.15, -0.1) is 0 Å². The van der Waals surface area contributed by atoms with E-state index in [1.165, 1.54) is 5.39 Å². The molecule has 0 saturated heterocycles. The maximum Gasteiger partial charge on any atom is 0.0553 e. The maximum absolute atomic E-state index is 4.19. The second kappa shape index (κ2) is 10.8. The van der Waals surface area contributed by atoms with E-state index in [0.29, 0.717) is 0 Å². The van der Waals surface area contributed by atoms with Gasteiger partial charge < -0.3 is 4.57 Å². The van der Waals surface area contributed by atoms with Crippen molar-refractivity contribution < 1.29 is 0 Å². The molecule has 0 unspecified atom stereocenters. The Balaban J connectivity index is 2.28. The first-order valence-electron chi connectivity index (χ1n) is 12.0. The van der Waals surface area contributed by atoms with Crippen molar-refractivity contribution in [3.8, 4) is 11.1 Å². The molecule has 1 heteroatoms. The minimum Gasteiger partial charge on any atom is -0.309 e. The van der Waals surface area contributed by atoms with E-state index in [1.54, 1.807) is 12.2 Å². The number of rotatable bonds is 9. The summed E-state index contributed by atoms with van der Waals surface area (Å²) in [5, 5.41) is 2.32. The fraction of sp³-hybridized carbons (Fsp3) is 0.0286. The van der Waals surface area contributed by atoms with E-state index in [4.69, 9.17) is 0 Å². The molecule has 0 aliphatic rings. The highest BCUT2D eigenvalue weighted by Gasteiger charge is 2.19. The van der Waals surface area contributed by atoms with Crippen LogP contribution in [0, 0.1) is 0 Å². The topological polar surface area (TPSA) is 4.93 Å². The molecule has 0 spiro atoms. The highest BCUT2D eigenvalue weighted by Crippen LogP contribution is 2.41. The molecule has 0 N–H and O–H groups in total. The minimum absolute atomic E-state index is 0.895. The number of nitrogens with zero attached hydrogens (tertiary/aromatic N) is 1. The SMILES string of the molecule is C=C/C=C(\C=C)c1cc(-c2ccccc2)c2c3cc(C(=C)C=C)ccc3n(/C(C=C)=C/C=C\C)c2c1. The Morgan fingerprint density at radius 1 is 0.778 bits per heavy atom. The van der Waals surface area contributed by atoms with E-state index < -0.39 is 0 Å². The summed E-state index contributed by atoms with van der Waals surface area (Å²) >= 11 is 0. The minimum atomic E-state index is 0.895. The van der Waals surface area contributed by atoms with Crippen molar-refractivity contribution >= 4 is 38.6 Å². The van der Waals surface area contributed by atoms with Crippen LogP contribution < -0.4 is 0 Å². The van der Waals surface area contributed by atoms with Crippen LogP contribution in [0.3, 0.4) is 0 Å². The zero-order valence-electron chi connectivity index (χ0n) is 20.9. The third-order valence-corrected chi connectivity index (χ3v) is 6.34. The van der Waals surface area contributed by atoms with Gasteiger partial charge in [0.1, 0.15) is 0 Å². The van der Waals surface area contributed by atoms with Crippen molar-refractivity contribution in [2.24, 2.45) is 0 Å². The van der Waals surface area contributed by atoms with E-state index in [-0.39, 0.29) is 0 Å². The Hall–Kier alpha value is -4.62. The zero-order chi connectivity index (χ0) is 25.7. The first-order valence-corrected chi connectivity index (χ1v) is 12.0. The van der Waals surface area contributed by atoms with Gasteiger partial charge in [0.25, 0.3) is 0 Å². The third kappa shape index (κ3) is 4.39. The van der Waals surface area contributed by atoms with Crippen LogP contribution in [0.1, 0.15) is 18.1 Å². The number of fused-ring (bicyclic) bond motifs is 3. The van der Waals surface area contributed by atoms with Crippen LogP contribution in [0.5, 0.6) is 0 Å². The Morgan fingerprint density at radius 2 is 1.56 bits per heavy atom. The van der Waals surface area contributed by atoms with Crippen molar-refractivity contribution in [3.05, 3.63) is 153 Å². The Kier molecular flexibility index (Phi) is 7.32. The van der Waals surface area contributed by atoms with Gasteiger partial charge in [0.05, 0.1) is 11.0 Å². The summed E-state index contributed by atoms with van der Waals surface area (Å²) in [6.45, 7) is 22.2. The molecule has 1 nitrogen and oxygen atoms in total. The van der Waals surface area contributed by atoms with Gasteiger partial charge in [-0.2, -0.15) is 0 Å². The monoisotopic (exact) mass is 465 g/mol. The molecule has 36 heavy (non-hydrogen) atoms.